The second-order valence-electron chi connectivity index (χ2n) is 4.64. The van der Waals surface area contributed by atoms with Gasteiger partial charge in [-0.15, -0.1) is 0 Å². The lowest BCUT2D eigenvalue weighted by atomic mass is 10.0. The quantitative estimate of drug-likeness (QED) is 0.802. The molecular formula is C11H15N3O3. The molecule has 1 fully saturated rings. The molecule has 0 bridgehead atoms. The number of nitrogens with zero attached hydrogens (tertiary/aromatic N) is 2. The van der Waals surface area contributed by atoms with Gasteiger partial charge in [0.1, 0.15) is 17.5 Å². The smallest absolute Gasteiger partial charge is 0.248 e. The van der Waals surface area contributed by atoms with Crippen LogP contribution in [0.3, 0.4) is 0 Å². The summed E-state index contributed by atoms with van der Waals surface area (Å²) in [5.74, 6) is -0.211. The van der Waals surface area contributed by atoms with E-state index >= 15 is 0 Å². The van der Waals surface area contributed by atoms with Crippen LogP contribution >= 0.6 is 0 Å². The van der Waals surface area contributed by atoms with Crippen LogP contribution in [0.25, 0.3) is 0 Å². The fourth-order valence-electron chi connectivity index (χ4n) is 1.86. The molecule has 1 N–H and O–H groups in total. The molecular weight excluding hydrogens is 222 g/mol. The highest BCUT2D eigenvalue weighted by Gasteiger charge is 2.36. The lowest BCUT2D eigenvalue weighted by Crippen LogP contribution is -2.52. The van der Waals surface area contributed by atoms with Gasteiger partial charge in [0.25, 0.3) is 0 Å². The number of nitrogens with one attached hydrogen (secondary N) is 1. The van der Waals surface area contributed by atoms with Gasteiger partial charge in [0, 0.05) is 19.0 Å². The average Bonchev–Trinajstić information content (AvgIpc) is 2.71. The SMILES string of the molecule is CC1(C)NC(=O)CCN(Cc2ccon2)C1=O. The minimum atomic E-state index is -0.864. The van der Waals surface area contributed by atoms with Gasteiger partial charge >= 0.3 is 0 Å². The van der Waals surface area contributed by atoms with E-state index in [4.69, 9.17) is 4.52 Å². The predicted octanol–water partition coefficient (Wildman–Crippen LogP) is 0.302. The maximum absolute atomic E-state index is 12.2. The zero-order valence-electron chi connectivity index (χ0n) is 9.90. The molecule has 17 heavy (non-hydrogen) atoms. The fraction of sp³-hybridized carbons (Fsp3) is 0.545. The van der Waals surface area contributed by atoms with Crippen LogP contribution < -0.4 is 5.32 Å². The molecule has 1 aliphatic heterocycles. The first-order valence-corrected chi connectivity index (χ1v) is 5.49. The zero-order chi connectivity index (χ0) is 12.5. The van der Waals surface area contributed by atoms with Crippen molar-refractivity contribution in [2.45, 2.75) is 32.4 Å². The molecule has 0 saturated carbocycles. The first kappa shape index (κ1) is 11.6. The maximum Gasteiger partial charge on any atom is 0.248 e. The summed E-state index contributed by atoms with van der Waals surface area (Å²) in [7, 11) is 0. The Morgan fingerprint density at radius 2 is 2.29 bits per heavy atom. The van der Waals surface area contributed by atoms with E-state index < -0.39 is 5.54 Å². The van der Waals surface area contributed by atoms with E-state index in [1.54, 1.807) is 24.8 Å². The minimum Gasteiger partial charge on any atom is -0.364 e. The summed E-state index contributed by atoms with van der Waals surface area (Å²) in [6, 6.07) is 1.71. The highest BCUT2D eigenvalue weighted by molar-refractivity contribution is 5.92. The van der Waals surface area contributed by atoms with Gasteiger partial charge in [-0.25, -0.2) is 0 Å². The molecule has 1 aliphatic rings. The Morgan fingerprint density at radius 1 is 1.53 bits per heavy atom. The number of amides is 2. The monoisotopic (exact) mass is 237 g/mol. The third-order valence-electron chi connectivity index (χ3n) is 2.73. The Hall–Kier alpha value is -1.85. The summed E-state index contributed by atoms with van der Waals surface area (Å²) in [5, 5.41) is 6.47. The van der Waals surface area contributed by atoms with Crippen molar-refractivity contribution in [2.24, 2.45) is 0 Å². The highest BCUT2D eigenvalue weighted by atomic mass is 16.5. The number of rotatable bonds is 2. The number of carbonyl (C=O) groups excluding carboxylic acids is 2. The van der Waals surface area contributed by atoms with E-state index in [1.165, 1.54) is 6.26 Å². The summed E-state index contributed by atoms with van der Waals surface area (Å²) >= 11 is 0. The van der Waals surface area contributed by atoms with Crippen LogP contribution in [-0.4, -0.2) is 34.0 Å². The standard InChI is InChI=1S/C11H15N3O3/c1-11(2)10(16)14(5-3-9(15)12-11)7-8-4-6-17-13-8/h4,6H,3,5,7H2,1-2H3,(H,12,15). The molecule has 1 aromatic rings. The van der Waals surface area contributed by atoms with Crippen LogP contribution in [0.15, 0.2) is 16.9 Å². The Bertz CT molecular complexity index is 425. The van der Waals surface area contributed by atoms with Gasteiger partial charge in [0.15, 0.2) is 0 Å². The van der Waals surface area contributed by atoms with E-state index in [-0.39, 0.29) is 11.8 Å². The van der Waals surface area contributed by atoms with E-state index in [0.29, 0.717) is 25.2 Å². The van der Waals surface area contributed by atoms with E-state index in [9.17, 15) is 9.59 Å². The van der Waals surface area contributed by atoms with Crippen LogP contribution in [0.2, 0.25) is 0 Å². The third-order valence-corrected chi connectivity index (χ3v) is 2.73. The molecule has 2 heterocycles. The first-order chi connectivity index (χ1) is 7.99. The fourth-order valence-corrected chi connectivity index (χ4v) is 1.86. The van der Waals surface area contributed by atoms with Gasteiger partial charge in [-0.2, -0.15) is 0 Å². The lowest BCUT2D eigenvalue weighted by Gasteiger charge is -2.28. The molecule has 92 valence electrons. The van der Waals surface area contributed by atoms with Gasteiger partial charge in [-0.05, 0) is 13.8 Å². The maximum atomic E-state index is 12.2. The Labute approximate surface area is 98.9 Å². The summed E-state index contributed by atoms with van der Waals surface area (Å²) in [5.41, 5.74) is -0.180. The average molecular weight is 237 g/mol. The topological polar surface area (TPSA) is 75.4 Å². The van der Waals surface area contributed by atoms with Crippen molar-refractivity contribution >= 4 is 11.8 Å². The van der Waals surface area contributed by atoms with Crippen molar-refractivity contribution in [3.8, 4) is 0 Å². The molecule has 0 radical (unpaired) electrons. The van der Waals surface area contributed by atoms with Gasteiger partial charge in [0.2, 0.25) is 11.8 Å². The molecule has 2 amide bonds. The van der Waals surface area contributed by atoms with Crippen LogP contribution in [0.1, 0.15) is 26.0 Å². The van der Waals surface area contributed by atoms with Gasteiger partial charge in [0.05, 0.1) is 6.54 Å². The molecule has 0 aromatic carbocycles. The van der Waals surface area contributed by atoms with Crippen LogP contribution in [0, 0.1) is 0 Å². The van der Waals surface area contributed by atoms with Crippen molar-refractivity contribution in [3.63, 3.8) is 0 Å². The third kappa shape index (κ3) is 2.46. The number of hydrogen-bond donors (Lipinski definition) is 1. The largest absolute Gasteiger partial charge is 0.364 e. The zero-order valence-corrected chi connectivity index (χ0v) is 9.90. The summed E-state index contributed by atoms with van der Waals surface area (Å²) < 4.78 is 4.73. The Morgan fingerprint density at radius 3 is 2.94 bits per heavy atom. The van der Waals surface area contributed by atoms with Crippen molar-refractivity contribution in [2.75, 3.05) is 6.54 Å². The Balaban J connectivity index is 2.16. The van der Waals surface area contributed by atoms with Crippen molar-refractivity contribution in [1.29, 1.82) is 0 Å². The molecule has 0 atom stereocenters. The Kier molecular flexibility index (Phi) is 2.87. The van der Waals surface area contributed by atoms with Gasteiger partial charge < -0.3 is 14.7 Å². The van der Waals surface area contributed by atoms with Crippen LogP contribution in [-0.2, 0) is 16.1 Å². The second-order valence-corrected chi connectivity index (χ2v) is 4.64. The number of hydrogen-bond acceptors (Lipinski definition) is 4. The molecule has 1 aromatic heterocycles. The van der Waals surface area contributed by atoms with Crippen molar-refractivity contribution in [3.05, 3.63) is 18.0 Å². The highest BCUT2D eigenvalue weighted by Crippen LogP contribution is 2.15. The van der Waals surface area contributed by atoms with Crippen LogP contribution in [0.4, 0.5) is 0 Å². The molecule has 0 aliphatic carbocycles. The summed E-state index contributed by atoms with van der Waals surface area (Å²) in [4.78, 5) is 25.3. The van der Waals surface area contributed by atoms with Crippen molar-refractivity contribution < 1.29 is 14.1 Å². The molecule has 6 nitrogen and oxygen atoms in total. The predicted molar refractivity (Wildman–Crippen MR) is 58.8 cm³/mol. The minimum absolute atomic E-state index is 0.105. The van der Waals surface area contributed by atoms with E-state index in [2.05, 4.69) is 10.5 Å². The molecule has 1 saturated heterocycles. The summed E-state index contributed by atoms with van der Waals surface area (Å²) in [6.45, 7) is 4.18. The van der Waals surface area contributed by atoms with Gasteiger partial charge in [-0.1, -0.05) is 5.16 Å². The number of carbonyl (C=O) groups is 2. The van der Waals surface area contributed by atoms with Crippen molar-refractivity contribution in [1.82, 2.24) is 15.4 Å². The normalized spacial score (nSPS) is 20.0. The van der Waals surface area contributed by atoms with Gasteiger partial charge in [-0.3, -0.25) is 9.59 Å². The first-order valence-electron chi connectivity index (χ1n) is 5.49. The lowest BCUT2D eigenvalue weighted by molar-refractivity contribution is -0.137. The molecule has 6 heteroatoms. The molecule has 2 rings (SSSR count). The molecule has 0 unspecified atom stereocenters. The van der Waals surface area contributed by atoms with E-state index in [1.807, 2.05) is 0 Å². The summed E-state index contributed by atoms with van der Waals surface area (Å²) in [6.07, 6.45) is 1.78. The number of aromatic nitrogens is 1. The van der Waals surface area contributed by atoms with Crippen LogP contribution in [0.5, 0.6) is 0 Å². The molecule has 0 spiro atoms. The second kappa shape index (κ2) is 4.20. The van der Waals surface area contributed by atoms with E-state index in [0.717, 1.165) is 0 Å².